The highest BCUT2D eigenvalue weighted by Crippen LogP contribution is 2.17. The molecule has 2 amide bonds. The SMILES string of the molecule is CC(C)C[C@H](NC(=O)C(C)(C)C)C(=O)N1CCCC1. The molecule has 0 aromatic heterocycles. The highest BCUT2D eigenvalue weighted by atomic mass is 16.2. The highest BCUT2D eigenvalue weighted by Gasteiger charge is 2.31. The van der Waals surface area contributed by atoms with E-state index in [9.17, 15) is 9.59 Å². The predicted octanol–water partition coefficient (Wildman–Crippen LogP) is 2.19. The van der Waals surface area contributed by atoms with Gasteiger partial charge in [-0.2, -0.15) is 0 Å². The van der Waals surface area contributed by atoms with Crippen molar-refractivity contribution in [2.75, 3.05) is 13.1 Å². The van der Waals surface area contributed by atoms with Crippen LogP contribution in [0.1, 0.15) is 53.9 Å². The van der Waals surface area contributed by atoms with Crippen LogP contribution in [0.3, 0.4) is 0 Å². The van der Waals surface area contributed by atoms with E-state index in [1.165, 1.54) is 0 Å². The molecule has 4 nitrogen and oxygen atoms in total. The molecule has 0 spiro atoms. The predicted molar refractivity (Wildman–Crippen MR) is 76.7 cm³/mol. The molecule has 0 saturated carbocycles. The second-order valence-electron chi connectivity index (χ2n) is 6.94. The number of amides is 2. The normalized spacial score (nSPS) is 17.7. The Morgan fingerprint density at radius 2 is 1.68 bits per heavy atom. The van der Waals surface area contributed by atoms with Gasteiger partial charge < -0.3 is 10.2 Å². The van der Waals surface area contributed by atoms with E-state index in [0.29, 0.717) is 12.3 Å². The maximum atomic E-state index is 12.5. The van der Waals surface area contributed by atoms with E-state index in [0.717, 1.165) is 25.9 Å². The summed E-state index contributed by atoms with van der Waals surface area (Å²) in [4.78, 5) is 26.4. The van der Waals surface area contributed by atoms with Crippen LogP contribution in [0.15, 0.2) is 0 Å². The first-order chi connectivity index (χ1) is 8.71. The van der Waals surface area contributed by atoms with Crippen molar-refractivity contribution >= 4 is 11.8 Å². The molecule has 1 fully saturated rings. The number of hydrogen-bond donors (Lipinski definition) is 1. The zero-order valence-corrected chi connectivity index (χ0v) is 13.0. The van der Waals surface area contributed by atoms with E-state index in [-0.39, 0.29) is 17.9 Å². The fourth-order valence-corrected chi connectivity index (χ4v) is 2.23. The summed E-state index contributed by atoms with van der Waals surface area (Å²) in [5.41, 5.74) is -0.458. The minimum Gasteiger partial charge on any atom is -0.344 e. The van der Waals surface area contributed by atoms with Crippen LogP contribution in [0.4, 0.5) is 0 Å². The molecule has 1 rings (SSSR count). The molecule has 1 saturated heterocycles. The molecular weight excluding hydrogens is 240 g/mol. The first-order valence-electron chi connectivity index (χ1n) is 7.31. The van der Waals surface area contributed by atoms with Crippen LogP contribution < -0.4 is 5.32 Å². The Bertz CT molecular complexity index is 326. The van der Waals surface area contributed by atoms with E-state index >= 15 is 0 Å². The van der Waals surface area contributed by atoms with Crippen molar-refractivity contribution in [3.8, 4) is 0 Å². The average Bonchev–Trinajstić information content (AvgIpc) is 2.78. The van der Waals surface area contributed by atoms with Gasteiger partial charge in [-0.05, 0) is 25.2 Å². The van der Waals surface area contributed by atoms with Gasteiger partial charge in [0.15, 0.2) is 0 Å². The van der Waals surface area contributed by atoms with Gasteiger partial charge >= 0.3 is 0 Å². The molecule has 1 aliphatic rings. The first kappa shape index (κ1) is 16.0. The number of carbonyl (C=O) groups excluding carboxylic acids is 2. The van der Waals surface area contributed by atoms with Gasteiger partial charge in [0.2, 0.25) is 11.8 Å². The molecule has 1 heterocycles. The lowest BCUT2D eigenvalue weighted by Gasteiger charge is -2.28. The van der Waals surface area contributed by atoms with Crippen LogP contribution in [-0.4, -0.2) is 35.8 Å². The molecule has 110 valence electrons. The largest absolute Gasteiger partial charge is 0.344 e. The number of nitrogens with one attached hydrogen (secondary N) is 1. The Kier molecular flexibility index (Phi) is 5.39. The Balaban J connectivity index is 2.71. The topological polar surface area (TPSA) is 49.4 Å². The third kappa shape index (κ3) is 4.84. The van der Waals surface area contributed by atoms with Crippen LogP contribution in [0.5, 0.6) is 0 Å². The van der Waals surface area contributed by atoms with Gasteiger partial charge in [-0.1, -0.05) is 34.6 Å². The second kappa shape index (κ2) is 6.40. The molecular formula is C15H28N2O2. The highest BCUT2D eigenvalue weighted by molar-refractivity contribution is 5.89. The number of hydrogen-bond acceptors (Lipinski definition) is 2. The molecule has 0 aromatic rings. The Hall–Kier alpha value is -1.06. The fourth-order valence-electron chi connectivity index (χ4n) is 2.23. The van der Waals surface area contributed by atoms with Crippen LogP contribution in [0.2, 0.25) is 0 Å². The lowest BCUT2D eigenvalue weighted by atomic mass is 9.94. The zero-order chi connectivity index (χ0) is 14.6. The summed E-state index contributed by atoms with van der Waals surface area (Å²) in [5, 5.41) is 2.93. The van der Waals surface area contributed by atoms with Crippen molar-refractivity contribution in [2.24, 2.45) is 11.3 Å². The Morgan fingerprint density at radius 1 is 1.16 bits per heavy atom. The maximum absolute atomic E-state index is 12.5. The summed E-state index contributed by atoms with van der Waals surface area (Å²) in [6, 6.07) is -0.371. The standard InChI is InChI=1S/C15H28N2O2/c1-11(2)10-12(16-14(19)15(3,4)5)13(18)17-8-6-7-9-17/h11-12H,6-10H2,1-5H3,(H,16,19)/t12-/m0/s1. The van der Waals surface area contributed by atoms with Crippen LogP contribution in [-0.2, 0) is 9.59 Å². The summed E-state index contributed by atoms with van der Waals surface area (Å²) in [6.07, 6.45) is 2.86. The molecule has 0 aromatic carbocycles. The van der Waals surface area contributed by atoms with Gasteiger partial charge in [-0.15, -0.1) is 0 Å². The number of likely N-dealkylation sites (tertiary alicyclic amines) is 1. The fraction of sp³-hybridized carbons (Fsp3) is 0.867. The summed E-state index contributed by atoms with van der Waals surface area (Å²) in [7, 11) is 0. The third-order valence-corrected chi connectivity index (χ3v) is 3.41. The summed E-state index contributed by atoms with van der Waals surface area (Å²) in [6.45, 7) is 11.4. The smallest absolute Gasteiger partial charge is 0.245 e. The average molecular weight is 268 g/mol. The van der Waals surface area contributed by atoms with E-state index in [2.05, 4.69) is 19.2 Å². The van der Waals surface area contributed by atoms with Crippen LogP contribution in [0, 0.1) is 11.3 Å². The quantitative estimate of drug-likeness (QED) is 0.849. The van der Waals surface area contributed by atoms with E-state index < -0.39 is 5.41 Å². The van der Waals surface area contributed by atoms with Gasteiger partial charge in [0, 0.05) is 18.5 Å². The molecule has 4 heteroatoms. The van der Waals surface area contributed by atoms with Gasteiger partial charge in [0.25, 0.3) is 0 Å². The zero-order valence-electron chi connectivity index (χ0n) is 13.0. The lowest BCUT2D eigenvalue weighted by Crippen LogP contribution is -2.51. The minimum absolute atomic E-state index is 0.0503. The number of nitrogens with zero attached hydrogens (tertiary/aromatic N) is 1. The lowest BCUT2D eigenvalue weighted by molar-refractivity contribution is -0.138. The maximum Gasteiger partial charge on any atom is 0.245 e. The molecule has 1 aliphatic heterocycles. The van der Waals surface area contributed by atoms with Crippen molar-refractivity contribution in [1.29, 1.82) is 0 Å². The molecule has 1 N–H and O–H groups in total. The molecule has 0 radical (unpaired) electrons. The van der Waals surface area contributed by atoms with Crippen LogP contribution >= 0.6 is 0 Å². The van der Waals surface area contributed by atoms with Crippen molar-refractivity contribution in [1.82, 2.24) is 10.2 Å². The molecule has 0 aliphatic carbocycles. The van der Waals surface area contributed by atoms with Crippen molar-refractivity contribution < 1.29 is 9.59 Å². The Labute approximate surface area is 116 Å². The molecule has 0 unspecified atom stereocenters. The van der Waals surface area contributed by atoms with Gasteiger partial charge in [0.05, 0.1) is 0 Å². The monoisotopic (exact) mass is 268 g/mol. The van der Waals surface area contributed by atoms with Gasteiger partial charge in [-0.25, -0.2) is 0 Å². The summed E-state index contributed by atoms with van der Waals surface area (Å²) >= 11 is 0. The van der Waals surface area contributed by atoms with E-state index in [4.69, 9.17) is 0 Å². The Morgan fingerprint density at radius 3 is 2.11 bits per heavy atom. The third-order valence-electron chi connectivity index (χ3n) is 3.41. The van der Waals surface area contributed by atoms with Gasteiger partial charge in [-0.3, -0.25) is 9.59 Å². The number of carbonyl (C=O) groups is 2. The van der Waals surface area contributed by atoms with E-state index in [1.54, 1.807) is 0 Å². The van der Waals surface area contributed by atoms with Crippen molar-refractivity contribution in [2.45, 2.75) is 59.9 Å². The first-order valence-corrected chi connectivity index (χ1v) is 7.31. The second-order valence-corrected chi connectivity index (χ2v) is 6.94. The van der Waals surface area contributed by atoms with E-state index in [1.807, 2.05) is 25.7 Å². The van der Waals surface area contributed by atoms with Crippen molar-refractivity contribution in [3.05, 3.63) is 0 Å². The van der Waals surface area contributed by atoms with Gasteiger partial charge in [0.1, 0.15) is 6.04 Å². The summed E-state index contributed by atoms with van der Waals surface area (Å²) in [5.74, 6) is 0.423. The summed E-state index contributed by atoms with van der Waals surface area (Å²) < 4.78 is 0. The molecule has 0 bridgehead atoms. The molecule has 1 atom stereocenters. The minimum atomic E-state index is -0.458. The molecule has 19 heavy (non-hydrogen) atoms. The van der Waals surface area contributed by atoms with Crippen LogP contribution in [0.25, 0.3) is 0 Å². The van der Waals surface area contributed by atoms with Crippen molar-refractivity contribution in [3.63, 3.8) is 0 Å². The number of rotatable bonds is 4.